The van der Waals surface area contributed by atoms with E-state index in [-0.39, 0.29) is 41.0 Å². The zero-order valence-electron chi connectivity index (χ0n) is 14.0. The number of sulfonamides is 1. The van der Waals surface area contributed by atoms with Crippen LogP contribution in [-0.2, 0) is 14.8 Å². The quantitative estimate of drug-likeness (QED) is 0.797. The molecule has 3 heterocycles. The van der Waals surface area contributed by atoms with Gasteiger partial charge in [0.15, 0.2) is 0 Å². The standard InChI is InChI=1S/C17H22N2O5S/c1-10-2-3-11(25(18,22)23)6-12(10)16(21)19-7-14-13(8-20)15-4-5-17(14,9-19)24-15/h2-3,6,13-15,20H,4-5,7-9H2,1H3,(H2,18,22,23)/t13-,14+,15+,17+/m1/s1. The van der Waals surface area contributed by atoms with E-state index in [1.807, 2.05) is 0 Å². The van der Waals surface area contributed by atoms with E-state index in [9.17, 15) is 18.3 Å². The molecule has 3 aliphatic heterocycles. The van der Waals surface area contributed by atoms with Crippen LogP contribution < -0.4 is 5.14 Å². The lowest BCUT2D eigenvalue weighted by Gasteiger charge is -2.27. The minimum atomic E-state index is -3.87. The zero-order chi connectivity index (χ0) is 18.0. The number of nitrogens with zero attached hydrogens (tertiary/aromatic N) is 1. The topological polar surface area (TPSA) is 110 Å². The Kier molecular flexibility index (Phi) is 3.74. The van der Waals surface area contributed by atoms with Gasteiger partial charge in [-0.1, -0.05) is 6.07 Å². The van der Waals surface area contributed by atoms with Gasteiger partial charge in [0.25, 0.3) is 5.91 Å². The molecule has 1 aromatic carbocycles. The summed E-state index contributed by atoms with van der Waals surface area (Å²) in [5.41, 5.74) is 0.702. The molecule has 3 saturated heterocycles. The van der Waals surface area contributed by atoms with Crippen molar-refractivity contribution in [3.63, 3.8) is 0 Å². The molecule has 3 aliphatic rings. The van der Waals surface area contributed by atoms with Crippen molar-refractivity contribution < 1.29 is 23.1 Å². The highest BCUT2D eigenvalue weighted by Gasteiger charge is 2.63. The van der Waals surface area contributed by atoms with Crippen molar-refractivity contribution in [2.24, 2.45) is 17.0 Å². The van der Waals surface area contributed by atoms with Crippen LogP contribution in [0.3, 0.4) is 0 Å². The number of amides is 1. The van der Waals surface area contributed by atoms with E-state index in [1.54, 1.807) is 17.9 Å². The summed E-state index contributed by atoms with van der Waals surface area (Å²) >= 11 is 0. The Bertz CT molecular complexity index is 839. The number of carbonyl (C=O) groups is 1. The molecule has 0 aromatic heterocycles. The van der Waals surface area contributed by atoms with Crippen LogP contribution in [0.25, 0.3) is 0 Å². The second-order valence-electron chi connectivity index (χ2n) is 7.42. The molecule has 1 spiro atoms. The lowest BCUT2D eigenvalue weighted by Crippen LogP contribution is -2.38. The van der Waals surface area contributed by atoms with Crippen LogP contribution in [-0.4, -0.2) is 55.7 Å². The Morgan fingerprint density at radius 1 is 1.48 bits per heavy atom. The van der Waals surface area contributed by atoms with E-state index in [2.05, 4.69) is 0 Å². The Morgan fingerprint density at radius 2 is 2.24 bits per heavy atom. The zero-order valence-corrected chi connectivity index (χ0v) is 14.8. The largest absolute Gasteiger partial charge is 0.396 e. The van der Waals surface area contributed by atoms with Crippen molar-refractivity contribution in [2.75, 3.05) is 19.7 Å². The molecule has 0 radical (unpaired) electrons. The van der Waals surface area contributed by atoms with Gasteiger partial charge in [-0.2, -0.15) is 0 Å². The maximum atomic E-state index is 13.0. The van der Waals surface area contributed by atoms with E-state index >= 15 is 0 Å². The smallest absolute Gasteiger partial charge is 0.254 e. The molecule has 3 fully saturated rings. The number of aliphatic hydroxyl groups excluding tert-OH is 1. The van der Waals surface area contributed by atoms with Gasteiger partial charge in [-0.15, -0.1) is 0 Å². The molecule has 136 valence electrons. The molecule has 3 N–H and O–H groups in total. The van der Waals surface area contributed by atoms with Gasteiger partial charge in [0.2, 0.25) is 10.0 Å². The molecule has 2 bridgehead atoms. The van der Waals surface area contributed by atoms with Crippen molar-refractivity contribution in [3.05, 3.63) is 29.3 Å². The van der Waals surface area contributed by atoms with Crippen LogP contribution in [0.1, 0.15) is 28.8 Å². The minimum Gasteiger partial charge on any atom is -0.396 e. The van der Waals surface area contributed by atoms with Gasteiger partial charge >= 0.3 is 0 Å². The monoisotopic (exact) mass is 366 g/mol. The SMILES string of the molecule is Cc1ccc(S(N)(=O)=O)cc1C(=O)N1C[C@H]2[C@@H](CO)[C@@H]3CC[C@@]2(C1)O3. The number of likely N-dealkylation sites (tertiary alicyclic amines) is 1. The minimum absolute atomic E-state index is 0.0654. The predicted octanol–water partition coefficient (Wildman–Crippen LogP) is 0.254. The molecule has 0 aliphatic carbocycles. The summed E-state index contributed by atoms with van der Waals surface area (Å²) in [5.74, 6) is 0.000783. The van der Waals surface area contributed by atoms with Crippen molar-refractivity contribution in [3.8, 4) is 0 Å². The lowest BCUT2D eigenvalue weighted by molar-refractivity contribution is 0.00153. The Balaban J connectivity index is 1.63. The van der Waals surface area contributed by atoms with E-state index in [1.165, 1.54) is 12.1 Å². The number of rotatable bonds is 3. The summed E-state index contributed by atoms with van der Waals surface area (Å²) in [7, 11) is -3.87. The van der Waals surface area contributed by atoms with Gasteiger partial charge in [-0.3, -0.25) is 4.79 Å². The van der Waals surface area contributed by atoms with Crippen LogP contribution in [0.4, 0.5) is 0 Å². The van der Waals surface area contributed by atoms with Crippen LogP contribution in [0, 0.1) is 18.8 Å². The van der Waals surface area contributed by atoms with E-state index in [0.717, 1.165) is 12.8 Å². The number of ether oxygens (including phenoxy) is 1. The Morgan fingerprint density at radius 3 is 2.92 bits per heavy atom. The van der Waals surface area contributed by atoms with Gasteiger partial charge in [0.1, 0.15) is 0 Å². The number of nitrogens with two attached hydrogens (primary N) is 1. The number of carbonyl (C=O) groups excluding carboxylic acids is 1. The third kappa shape index (κ3) is 2.51. The number of hydrogen-bond acceptors (Lipinski definition) is 5. The van der Waals surface area contributed by atoms with E-state index in [4.69, 9.17) is 9.88 Å². The first-order valence-electron chi connectivity index (χ1n) is 8.46. The first kappa shape index (κ1) is 17.0. The van der Waals surface area contributed by atoms with Crippen molar-refractivity contribution in [2.45, 2.75) is 36.4 Å². The lowest BCUT2D eigenvalue weighted by atomic mass is 9.74. The van der Waals surface area contributed by atoms with Gasteiger partial charge in [0.05, 0.1) is 23.1 Å². The molecule has 25 heavy (non-hydrogen) atoms. The van der Waals surface area contributed by atoms with Gasteiger partial charge in [0, 0.05) is 30.6 Å². The summed E-state index contributed by atoms with van der Waals surface area (Å²) < 4.78 is 29.3. The molecule has 7 nitrogen and oxygen atoms in total. The van der Waals surface area contributed by atoms with Gasteiger partial charge in [-0.05, 0) is 37.5 Å². The predicted molar refractivity (Wildman–Crippen MR) is 89.4 cm³/mol. The maximum Gasteiger partial charge on any atom is 0.254 e. The molecule has 0 saturated carbocycles. The first-order valence-corrected chi connectivity index (χ1v) is 10.0. The molecule has 4 atom stereocenters. The molecular formula is C17H22N2O5S. The number of aliphatic hydroxyl groups is 1. The average Bonchev–Trinajstić information content (AvgIpc) is 3.20. The molecule has 1 aromatic rings. The second-order valence-corrected chi connectivity index (χ2v) is 8.98. The van der Waals surface area contributed by atoms with E-state index < -0.39 is 10.0 Å². The fourth-order valence-corrected chi connectivity index (χ4v) is 5.31. The fraction of sp³-hybridized carbons (Fsp3) is 0.588. The third-order valence-electron chi connectivity index (χ3n) is 6.05. The van der Waals surface area contributed by atoms with Crippen LogP contribution in [0.15, 0.2) is 23.1 Å². The average molecular weight is 366 g/mol. The first-order chi connectivity index (χ1) is 11.7. The molecule has 1 amide bonds. The van der Waals surface area contributed by atoms with Gasteiger partial charge in [-0.25, -0.2) is 13.6 Å². The van der Waals surface area contributed by atoms with Crippen molar-refractivity contribution >= 4 is 15.9 Å². The van der Waals surface area contributed by atoms with Gasteiger partial charge < -0.3 is 14.7 Å². The summed E-state index contributed by atoms with van der Waals surface area (Å²) in [5, 5.41) is 14.9. The fourth-order valence-electron chi connectivity index (χ4n) is 4.77. The number of aryl methyl sites for hydroxylation is 1. The molecule has 0 unspecified atom stereocenters. The summed E-state index contributed by atoms with van der Waals surface area (Å²) in [6, 6.07) is 4.35. The number of benzene rings is 1. The number of fused-ring (bicyclic) bond motifs is 1. The van der Waals surface area contributed by atoms with Crippen molar-refractivity contribution in [1.29, 1.82) is 0 Å². The maximum absolute atomic E-state index is 13.0. The van der Waals surface area contributed by atoms with Crippen molar-refractivity contribution in [1.82, 2.24) is 4.90 Å². The van der Waals surface area contributed by atoms with Crippen LogP contribution in [0.5, 0.6) is 0 Å². The summed E-state index contributed by atoms with van der Waals surface area (Å²) in [4.78, 5) is 14.7. The molecule has 8 heteroatoms. The molecular weight excluding hydrogens is 344 g/mol. The summed E-state index contributed by atoms with van der Waals surface area (Å²) in [6.45, 7) is 2.86. The Labute approximate surface area is 146 Å². The summed E-state index contributed by atoms with van der Waals surface area (Å²) in [6.07, 6.45) is 1.92. The Hall–Kier alpha value is -1.48. The van der Waals surface area contributed by atoms with Crippen LogP contribution in [0.2, 0.25) is 0 Å². The highest BCUT2D eigenvalue weighted by molar-refractivity contribution is 7.89. The normalized spacial score (nSPS) is 33.7. The third-order valence-corrected chi connectivity index (χ3v) is 6.96. The number of primary sulfonamides is 1. The highest BCUT2D eigenvalue weighted by Crippen LogP contribution is 2.54. The van der Waals surface area contributed by atoms with E-state index in [0.29, 0.717) is 24.2 Å². The van der Waals surface area contributed by atoms with Crippen LogP contribution >= 0.6 is 0 Å². The number of hydrogen-bond donors (Lipinski definition) is 2. The second kappa shape index (κ2) is 5.51. The molecule has 4 rings (SSSR count). The highest BCUT2D eigenvalue weighted by atomic mass is 32.2.